The topological polar surface area (TPSA) is 97.4 Å². The van der Waals surface area contributed by atoms with Crippen LogP contribution in [-0.4, -0.2) is 35.5 Å². The lowest BCUT2D eigenvalue weighted by Crippen LogP contribution is -2.44. The molecular weight excluding hydrogens is 298 g/mol. The molecule has 3 amide bonds. The normalized spacial score (nSPS) is 11.4. The van der Waals surface area contributed by atoms with Gasteiger partial charge in [-0.15, -0.1) is 0 Å². The van der Waals surface area contributed by atoms with Crippen molar-refractivity contribution in [1.82, 2.24) is 15.6 Å². The molecule has 8 heteroatoms. The van der Waals surface area contributed by atoms with Gasteiger partial charge in [0.1, 0.15) is 5.69 Å². The molecule has 21 heavy (non-hydrogen) atoms. The molecule has 0 aliphatic rings. The molecule has 0 spiro atoms. The number of pyridine rings is 1. The van der Waals surface area contributed by atoms with Crippen molar-refractivity contribution in [2.24, 2.45) is 0 Å². The van der Waals surface area contributed by atoms with Crippen LogP contribution in [0.15, 0.2) is 18.3 Å². The van der Waals surface area contributed by atoms with Crippen molar-refractivity contribution in [3.63, 3.8) is 0 Å². The number of aromatic nitrogens is 1. The van der Waals surface area contributed by atoms with E-state index >= 15 is 0 Å². The van der Waals surface area contributed by atoms with Crippen molar-refractivity contribution in [2.75, 3.05) is 6.61 Å². The fraction of sp³-hybridized carbons (Fsp3) is 0.385. The highest BCUT2D eigenvalue weighted by molar-refractivity contribution is 6.30. The third kappa shape index (κ3) is 6.22. The van der Waals surface area contributed by atoms with Gasteiger partial charge < -0.3 is 10.1 Å². The Balaban J connectivity index is 2.39. The van der Waals surface area contributed by atoms with Crippen LogP contribution in [0.25, 0.3) is 0 Å². The summed E-state index contributed by atoms with van der Waals surface area (Å²) >= 11 is 5.70. The van der Waals surface area contributed by atoms with Crippen LogP contribution in [0.2, 0.25) is 5.02 Å². The largest absolute Gasteiger partial charge is 0.451 e. The van der Waals surface area contributed by atoms with Gasteiger partial charge in [-0.1, -0.05) is 18.5 Å². The van der Waals surface area contributed by atoms with Crippen LogP contribution in [0.4, 0.5) is 4.79 Å². The summed E-state index contributed by atoms with van der Waals surface area (Å²) < 4.78 is 4.72. The van der Waals surface area contributed by atoms with Gasteiger partial charge in [-0.3, -0.25) is 10.1 Å². The molecule has 1 aromatic heterocycles. The first-order valence-electron chi connectivity index (χ1n) is 6.31. The molecule has 1 aromatic rings. The van der Waals surface area contributed by atoms with E-state index in [2.05, 4.69) is 15.6 Å². The van der Waals surface area contributed by atoms with E-state index in [4.69, 9.17) is 16.3 Å². The van der Waals surface area contributed by atoms with E-state index in [1.54, 1.807) is 6.92 Å². The first-order valence-corrected chi connectivity index (χ1v) is 6.69. The number of imide groups is 1. The van der Waals surface area contributed by atoms with Crippen LogP contribution in [0.3, 0.4) is 0 Å². The number of esters is 1. The quantitative estimate of drug-likeness (QED) is 0.803. The monoisotopic (exact) mass is 313 g/mol. The van der Waals surface area contributed by atoms with Crippen molar-refractivity contribution >= 4 is 29.5 Å². The molecule has 0 aliphatic carbocycles. The highest BCUT2D eigenvalue weighted by Gasteiger charge is 2.14. The summed E-state index contributed by atoms with van der Waals surface area (Å²) in [5.41, 5.74) is -0.0145. The van der Waals surface area contributed by atoms with Crippen molar-refractivity contribution in [3.05, 3.63) is 29.0 Å². The van der Waals surface area contributed by atoms with E-state index < -0.39 is 24.5 Å². The van der Waals surface area contributed by atoms with Gasteiger partial charge in [-0.2, -0.15) is 0 Å². The van der Waals surface area contributed by atoms with E-state index in [1.807, 2.05) is 6.92 Å². The second kappa shape index (κ2) is 8.21. The predicted octanol–water partition coefficient (Wildman–Crippen LogP) is 1.52. The zero-order chi connectivity index (χ0) is 15.8. The van der Waals surface area contributed by atoms with Gasteiger partial charge in [0.15, 0.2) is 6.61 Å². The molecule has 0 radical (unpaired) electrons. The van der Waals surface area contributed by atoms with E-state index in [-0.39, 0.29) is 11.7 Å². The molecule has 0 aromatic carbocycles. The molecule has 1 rings (SSSR count). The van der Waals surface area contributed by atoms with Gasteiger partial charge >= 0.3 is 12.0 Å². The minimum atomic E-state index is -0.796. The molecule has 1 atom stereocenters. The number of amides is 3. The molecule has 0 bridgehead atoms. The number of carbonyl (C=O) groups excluding carboxylic acids is 3. The van der Waals surface area contributed by atoms with Crippen LogP contribution in [-0.2, 0) is 9.53 Å². The molecule has 0 unspecified atom stereocenters. The van der Waals surface area contributed by atoms with Gasteiger partial charge in [-0.05, 0) is 25.5 Å². The summed E-state index contributed by atoms with van der Waals surface area (Å²) in [5, 5.41) is 4.92. The summed E-state index contributed by atoms with van der Waals surface area (Å²) in [7, 11) is 0. The zero-order valence-corrected chi connectivity index (χ0v) is 12.4. The van der Waals surface area contributed by atoms with Crippen molar-refractivity contribution in [1.29, 1.82) is 0 Å². The summed E-state index contributed by atoms with van der Waals surface area (Å²) in [6.07, 6.45) is 2.08. The van der Waals surface area contributed by atoms with E-state index in [0.717, 1.165) is 6.42 Å². The fourth-order valence-corrected chi connectivity index (χ4v) is 1.41. The van der Waals surface area contributed by atoms with E-state index in [0.29, 0.717) is 5.02 Å². The molecule has 0 saturated carbocycles. The Morgan fingerprint density at radius 1 is 1.43 bits per heavy atom. The van der Waals surface area contributed by atoms with Gasteiger partial charge in [0.25, 0.3) is 5.91 Å². The number of halogens is 1. The standard InChI is InChI=1S/C13H16ClN3O4/c1-3-8(2)16-13(20)17-11(18)7-21-12(19)10-6-9(14)4-5-15-10/h4-6,8H,3,7H2,1-2H3,(H2,16,17,18,20)/t8-/m1/s1. The first-order chi connectivity index (χ1) is 9.92. The maximum absolute atomic E-state index is 11.6. The highest BCUT2D eigenvalue weighted by Crippen LogP contribution is 2.08. The van der Waals surface area contributed by atoms with E-state index in [9.17, 15) is 14.4 Å². The third-order valence-electron chi connectivity index (χ3n) is 2.51. The number of nitrogens with zero attached hydrogens (tertiary/aromatic N) is 1. The lowest BCUT2D eigenvalue weighted by atomic mass is 10.3. The van der Waals surface area contributed by atoms with Crippen LogP contribution in [0, 0.1) is 0 Å². The first kappa shape index (κ1) is 16.9. The van der Waals surface area contributed by atoms with Crippen molar-refractivity contribution in [2.45, 2.75) is 26.3 Å². The number of ether oxygens (including phenoxy) is 1. The Kier molecular flexibility index (Phi) is 6.61. The molecule has 0 fully saturated rings. The summed E-state index contributed by atoms with van der Waals surface area (Å²) in [4.78, 5) is 38.1. The Morgan fingerprint density at radius 2 is 2.14 bits per heavy atom. The van der Waals surface area contributed by atoms with Crippen LogP contribution < -0.4 is 10.6 Å². The fourth-order valence-electron chi connectivity index (χ4n) is 1.25. The average Bonchev–Trinajstić information content (AvgIpc) is 2.44. The van der Waals surface area contributed by atoms with Crippen LogP contribution >= 0.6 is 11.6 Å². The SMILES string of the molecule is CC[C@@H](C)NC(=O)NC(=O)COC(=O)c1cc(Cl)ccn1. The Labute approximate surface area is 127 Å². The molecule has 7 nitrogen and oxygen atoms in total. The number of carbonyl (C=O) groups is 3. The maximum atomic E-state index is 11.6. The van der Waals surface area contributed by atoms with Gasteiger partial charge in [0.2, 0.25) is 0 Å². The molecule has 1 heterocycles. The Bertz CT molecular complexity index is 536. The molecular formula is C13H16ClN3O4. The van der Waals surface area contributed by atoms with Crippen LogP contribution in [0.1, 0.15) is 30.8 Å². The molecule has 114 valence electrons. The Hall–Kier alpha value is -2.15. The average molecular weight is 314 g/mol. The maximum Gasteiger partial charge on any atom is 0.357 e. The minimum absolute atomic E-state index is 0.0145. The molecule has 2 N–H and O–H groups in total. The van der Waals surface area contributed by atoms with E-state index in [1.165, 1.54) is 18.3 Å². The smallest absolute Gasteiger partial charge is 0.357 e. The summed E-state index contributed by atoms with van der Waals surface area (Å²) in [5.74, 6) is -1.53. The van der Waals surface area contributed by atoms with Gasteiger partial charge in [-0.25, -0.2) is 14.6 Å². The number of hydrogen-bond acceptors (Lipinski definition) is 5. The number of urea groups is 1. The lowest BCUT2D eigenvalue weighted by molar-refractivity contribution is -0.123. The second-order valence-corrected chi connectivity index (χ2v) is 4.70. The Morgan fingerprint density at radius 3 is 2.76 bits per heavy atom. The predicted molar refractivity (Wildman–Crippen MR) is 76.0 cm³/mol. The summed E-state index contributed by atoms with van der Waals surface area (Å²) in [6.45, 7) is 3.11. The van der Waals surface area contributed by atoms with Crippen molar-refractivity contribution < 1.29 is 19.1 Å². The zero-order valence-electron chi connectivity index (χ0n) is 11.7. The molecule has 0 aliphatic heterocycles. The van der Waals surface area contributed by atoms with Gasteiger partial charge in [0.05, 0.1) is 0 Å². The summed E-state index contributed by atoms with van der Waals surface area (Å²) in [6, 6.07) is 2.13. The number of rotatable bonds is 5. The van der Waals surface area contributed by atoms with Crippen molar-refractivity contribution in [3.8, 4) is 0 Å². The lowest BCUT2D eigenvalue weighted by Gasteiger charge is -2.11. The minimum Gasteiger partial charge on any atom is -0.451 e. The molecule has 0 saturated heterocycles. The second-order valence-electron chi connectivity index (χ2n) is 4.27. The van der Waals surface area contributed by atoms with Crippen LogP contribution in [0.5, 0.6) is 0 Å². The number of hydrogen-bond donors (Lipinski definition) is 2. The van der Waals surface area contributed by atoms with Gasteiger partial charge in [0, 0.05) is 17.3 Å². The highest BCUT2D eigenvalue weighted by atomic mass is 35.5. The third-order valence-corrected chi connectivity index (χ3v) is 2.74. The number of nitrogens with one attached hydrogen (secondary N) is 2.